The predicted molar refractivity (Wildman–Crippen MR) is 60.8 cm³/mol. The summed E-state index contributed by atoms with van der Waals surface area (Å²) in [5.74, 6) is 0.116. The monoisotopic (exact) mass is 251 g/mol. The summed E-state index contributed by atoms with van der Waals surface area (Å²) in [6, 6.07) is -0.547. The standard InChI is InChI=1S/C10H13N5O3/c1-15-3-6-8(14-15)13-9(17)10(18-6)2-5(7(11)16)12-4-10/h3,5,12H,2,4H2,1H3,(H2,11,16)(H,13,14,17)/t5-,10+/m0/s1. The fraction of sp³-hybridized carbons (Fsp3) is 0.500. The van der Waals surface area contributed by atoms with E-state index in [-0.39, 0.29) is 18.9 Å². The maximum Gasteiger partial charge on any atom is 0.271 e. The highest BCUT2D eigenvalue weighted by Gasteiger charge is 2.52. The molecule has 18 heavy (non-hydrogen) atoms. The van der Waals surface area contributed by atoms with Gasteiger partial charge in [0.05, 0.1) is 12.2 Å². The van der Waals surface area contributed by atoms with Crippen molar-refractivity contribution in [1.82, 2.24) is 15.1 Å². The number of aromatic nitrogens is 2. The largest absolute Gasteiger partial charge is 0.470 e. The lowest BCUT2D eigenvalue weighted by Gasteiger charge is -2.31. The number of primary amides is 1. The molecule has 2 atom stereocenters. The van der Waals surface area contributed by atoms with E-state index in [1.807, 2.05) is 0 Å². The first-order chi connectivity index (χ1) is 8.50. The van der Waals surface area contributed by atoms with Crippen LogP contribution in [0.4, 0.5) is 5.82 Å². The van der Waals surface area contributed by atoms with Crippen LogP contribution >= 0.6 is 0 Å². The fourth-order valence-electron chi connectivity index (χ4n) is 2.32. The Labute approximate surface area is 102 Å². The normalized spacial score (nSPS) is 29.8. The van der Waals surface area contributed by atoms with E-state index in [1.54, 1.807) is 17.9 Å². The third-order valence-corrected chi connectivity index (χ3v) is 3.26. The van der Waals surface area contributed by atoms with Gasteiger partial charge in [0.1, 0.15) is 0 Å². The third-order valence-electron chi connectivity index (χ3n) is 3.26. The molecule has 0 radical (unpaired) electrons. The summed E-state index contributed by atoms with van der Waals surface area (Å²) >= 11 is 0. The van der Waals surface area contributed by atoms with E-state index in [0.717, 1.165) is 0 Å². The Kier molecular flexibility index (Phi) is 2.11. The molecule has 96 valence electrons. The van der Waals surface area contributed by atoms with Crippen LogP contribution in [0.25, 0.3) is 0 Å². The molecule has 2 amide bonds. The molecule has 2 aliphatic rings. The Balaban J connectivity index is 1.91. The molecule has 8 heteroatoms. The van der Waals surface area contributed by atoms with E-state index < -0.39 is 17.6 Å². The number of fused-ring (bicyclic) bond motifs is 1. The highest BCUT2D eigenvalue weighted by atomic mass is 16.5. The molecule has 1 spiro atoms. The van der Waals surface area contributed by atoms with Crippen LogP contribution in [-0.2, 0) is 16.6 Å². The summed E-state index contributed by atoms with van der Waals surface area (Å²) in [6.07, 6.45) is 1.90. The summed E-state index contributed by atoms with van der Waals surface area (Å²) in [7, 11) is 1.74. The summed E-state index contributed by atoms with van der Waals surface area (Å²) in [4.78, 5) is 23.2. The summed E-state index contributed by atoms with van der Waals surface area (Å²) in [5.41, 5.74) is 4.15. The number of rotatable bonds is 1. The predicted octanol–water partition coefficient (Wildman–Crippen LogP) is -1.66. The van der Waals surface area contributed by atoms with Crippen molar-refractivity contribution in [2.24, 2.45) is 12.8 Å². The summed E-state index contributed by atoms with van der Waals surface area (Å²) < 4.78 is 7.28. The molecule has 2 aliphatic heterocycles. The highest BCUT2D eigenvalue weighted by molar-refractivity contribution is 6.01. The molecule has 3 rings (SSSR count). The average Bonchev–Trinajstić information content (AvgIpc) is 2.84. The average molecular weight is 251 g/mol. The molecule has 0 aliphatic carbocycles. The van der Waals surface area contributed by atoms with Crippen molar-refractivity contribution in [3.05, 3.63) is 6.20 Å². The van der Waals surface area contributed by atoms with Gasteiger partial charge in [-0.05, 0) is 0 Å². The minimum absolute atomic E-state index is 0.225. The van der Waals surface area contributed by atoms with Gasteiger partial charge in [-0.25, -0.2) is 0 Å². The molecule has 1 aromatic heterocycles. The number of aryl methyl sites for hydroxylation is 1. The van der Waals surface area contributed by atoms with Crippen molar-refractivity contribution in [2.75, 3.05) is 11.9 Å². The van der Waals surface area contributed by atoms with Crippen molar-refractivity contribution >= 4 is 17.6 Å². The van der Waals surface area contributed by atoms with Gasteiger partial charge in [0, 0.05) is 20.0 Å². The number of amides is 2. The molecule has 0 bridgehead atoms. The van der Waals surface area contributed by atoms with Crippen molar-refractivity contribution in [3.8, 4) is 5.75 Å². The zero-order valence-electron chi connectivity index (χ0n) is 9.77. The first kappa shape index (κ1) is 11.0. The van der Waals surface area contributed by atoms with Gasteiger partial charge in [-0.3, -0.25) is 14.3 Å². The number of nitrogens with one attached hydrogen (secondary N) is 2. The number of carbonyl (C=O) groups excluding carboxylic acids is 2. The lowest BCUT2D eigenvalue weighted by atomic mass is 9.97. The maximum atomic E-state index is 12.1. The second kappa shape index (κ2) is 3.45. The second-order valence-electron chi connectivity index (χ2n) is 4.61. The van der Waals surface area contributed by atoms with Crippen LogP contribution in [0.1, 0.15) is 6.42 Å². The Morgan fingerprint density at radius 2 is 2.50 bits per heavy atom. The summed E-state index contributed by atoms with van der Waals surface area (Å²) in [6.45, 7) is 0.251. The molecule has 0 unspecified atom stereocenters. The molecule has 0 aromatic carbocycles. The van der Waals surface area contributed by atoms with Crippen LogP contribution in [0.3, 0.4) is 0 Å². The number of ether oxygens (including phenoxy) is 1. The summed E-state index contributed by atoms with van der Waals surface area (Å²) in [5, 5.41) is 9.64. The molecule has 1 fully saturated rings. The molecule has 1 aromatic rings. The van der Waals surface area contributed by atoms with Crippen molar-refractivity contribution < 1.29 is 14.3 Å². The molecule has 3 heterocycles. The van der Waals surface area contributed by atoms with Gasteiger partial charge in [0.25, 0.3) is 5.91 Å². The van der Waals surface area contributed by atoms with E-state index in [0.29, 0.717) is 11.6 Å². The highest BCUT2D eigenvalue weighted by Crippen LogP contribution is 2.36. The van der Waals surface area contributed by atoms with Gasteiger partial charge in [0.15, 0.2) is 11.6 Å². The van der Waals surface area contributed by atoms with Crippen LogP contribution < -0.4 is 21.1 Å². The topological polar surface area (TPSA) is 111 Å². The zero-order valence-corrected chi connectivity index (χ0v) is 9.77. The van der Waals surface area contributed by atoms with E-state index in [1.165, 1.54) is 0 Å². The molecular weight excluding hydrogens is 238 g/mol. The van der Waals surface area contributed by atoms with Crippen LogP contribution in [0.5, 0.6) is 5.75 Å². The van der Waals surface area contributed by atoms with Crippen LogP contribution in [0.2, 0.25) is 0 Å². The molecule has 4 N–H and O–H groups in total. The van der Waals surface area contributed by atoms with Gasteiger partial charge in [-0.1, -0.05) is 0 Å². The first-order valence-corrected chi connectivity index (χ1v) is 5.57. The number of hydrogen-bond acceptors (Lipinski definition) is 5. The maximum absolute atomic E-state index is 12.1. The zero-order chi connectivity index (χ0) is 12.9. The second-order valence-corrected chi connectivity index (χ2v) is 4.61. The van der Waals surface area contributed by atoms with Crippen molar-refractivity contribution in [3.63, 3.8) is 0 Å². The third kappa shape index (κ3) is 1.46. The van der Waals surface area contributed by atoms with E-state index >= 15 is 0 Å². The Bertz CT molecular complexity index is 540. The van der Waals surface area contributed by atoms with E-state index in [2.05, 4.69) is 15.7 Å². The lowest BCUT2D eigenvalue weighted by molar-refractivity contribution is -0.131. The fourth-order valence-corrected chi connectivity index (χ4v) is 2.32. The minimum atomic E-state index is -1.07. The van der Waals surface area contributed by atoms with Gasteiger partial charge in [-0.15, -0.1) is 0 Å². The lowest BCUT2D eigenvalue weighted by Crippen LogP contribution is -2.52. The minimum Gasteiger partial charge on any atom is -0.470 e. The number of nitrogens with zero attached hydrogens (tertiary/aromatic N) is 2. The Hall–Kier alpha value is -2.09. The van der Waals surface area contributed by atoms with Crippen LogP contribution in [-0.4, -0.2) is 39.8 Å². The Morgan fingerprint density at radius 3 is 3.17 bits per heavy atom. The van der Waals surface area contributed by atoms with Crippen LogP contribution in [0, 0.1) is 0 Å². The number of carbonyl (C=O) groups is 2. The van der Waals surface area contributed by atoms with Gasteiger partial charge >= 0.3 is 0 Å². The van der Waals surface area contributed by atoms with E-state index in [4.69, 9.17) is 10.5 Å². The van der Waals surface area contributed by atoms with Crippen LogP contribution in [0.15, 0.2) is 6.20 Å². The quantitative estimate of drug-likeness (QED) is 0.553. The number of anilines is 1. The molecular formula is C10H13N5O3. The van der Waals surface area contributed by atoms with Gasteiger partial charge < -0.3 is 21.1 Å². The molecule has 8 nitrogen and oxygen atoms in total. The smallest absolute Gasteiger partial charge is 0.271 e. The number of nitrogens with two attached hydrogens (primary N) is 1. The number of hydrogen-bond donors (Lipinski definition) is 3. The van der Waals surface area contributed by atoms with E-state index in [9.17, 15) is 9.59 Å². The Morgan fingerprint density at radius 1 is 1.72 bits per heavy atom. The van der Waals surface area contributed by atoms with Gasteiger partial charge in [-0.2, -0.15) is 5.10 Å². The SMILES string of the molecule is Cn1cc2c(n1)NC(=O)[C@@]1(CN[C@H](C(N)=O)C1)O2. The van der Waals surface area contributed by atoms with Gasteiger partial charge in [0.2, 0.25) is 11.5 Å². The molecule has 0 saturated carbocycles. The van der Waals surface area contributed by atoms with Crippen molar-refractivity contribution in [2.45, 2.75) is 18.1 Å². The molecule has 1 saturated heterocycles. The first-order valence-electron chi connectivity index (χ1n) is 5.57. The van der Waals surface area contributed by atoms with Crippen molar-refractivity contribution in [1.29, 1.82) is 0 Å².